The minimum Gasteiger partial charge on any atom is -0.439 e. The maximum atomic E-state index is 11.0. The highest BCUT2D eigenvalue weighted by molar-refractivity contribution is 5.73. The molecule has 0 spiro atoms. The lowest BCUT2D eigenvalue weighted by atomic mass is 10.1. The van der Waals surface area contributed by atoms with Crippen LogP contribution < -0.4 is 10.1 Å². The SMILES string of the molecule is CCCc1ccc(Oc2ccc(/C=C/[C@H](C)NC(C)=O)cn2)cc1. The Hall–Kier alpha value is -2.62. The van der Waals surface area contributed by atoms with Crippen LogP contribution in [0.25, 0.3) is 6.08 Å². The number of nitrogens with one attached hydrogen (secondary N) is 1. The van der Waals surface area contributed by atoms with Crippen molar-refractivity contribution in [1.29, 1.82) is 0 Å². The van der Waals surface area contributed by atoms with Gasteiger partial charge in [-0.05, 0) is 42.7 Å². The normalized spacial score (nSPS) is 12.1. The fourth-order valence-corrected chi connectivity index (χ4v) is 2.31. The molecule has 0 fully saturated rings. The Morgan fingerprint density at radius 1 is 1.25 bits per heavy atom. The number of pyridine rings is 1. The number of ether oxygens (including phenoxy) is 1. The Labute approximate surface area is 143 Å². The predicted molar refractivity (Wildman–Crippen MR) is 97.1 cm³/mol. The molecule has 0 saturated carbocycles. The summed E-state index contributed by atoms with van der Waals surface area (Å²) in [5.74, 6) is 1.30. The first-order chi connectivity index (χ1) is 11.6. The van der Waals surface area contributed by atoms with Gasteiger partial charge in [-0.25, -0.2) is 4.98 Å². The first-order valence-electron chi connectivity index (χ1n) is 8.25. The monoisotopic (exact) mass is 324 g/mol. The number of aryl methyl sites for hydroxylation is 1. The van der Waals surface area contributed by atoms with Crippen molar-refractivity contribution >= 4 is 12.0 Å². The molecular weight excluding hydrogens is 300 g/mol. The van der Waals surface area contributed by atoms with Crippen molar-refractivity contribution in [3.8, 4) is 11.6 Å². The predicted octanol–water partition coefficient (Wildman–Crippen LogP) is 4.36. The average molecular weight is 324 g/mol. The smallest absolute Gasteiger partial charge is 0.219 e. The molecule has 0 bridgehead atoms. The Kier molecular flexibility index (Phi) is 6.55. The lowest BCUT2D eigenvalue weighted by molar-refractivity contribution is -0.119. The number of aromatic nitrogens is 1. The maximum Gasteiger partial charge on any atom is 0.219 e. The Balaban J connectivity index is 1.94. The van der Waals surface area contributed by atoms with E-state index in [0.29, 0.717) is 5.88 Å². The first kappa shape index (κ1) is 17.7. The van der Waals surface area contributed by atoms with Gasteiger partial charge in [0.05, 0.1) is 0 Å². The highest BCUT2D eigenvalue weighted by Crippen LogP contribution is 2.20. The molecular formula is C20H24N2O2. The van der Waals surface area contributed by atoms with Gasteiger partial charge >= 0.3 is 0 Å². The van der Waals surface area contributed by atoms with Crippen molar-refractivity contribution in [1.82, 2.24) is 10.3 Å². The molecule has 0 aliphatic carbocycles. The van der Waals surface area contributed by atoms with E-state index in [-0.39, 0.29) is 11.9 Å². The molecule has 0 radical (unpaired) electrons. The number of amides is 1. The minimum atomic E-state index is -0.0426. The molecule has 1 amide bonds. The van der Waals surface area contributed by atoms with Crippen molar-refractivity contribution in [2.45, 2.75) is 39.7 Å². The van der Waals surface area contributed by atoms with E-state index in [2.05, 4.69) is 29.4 Å². The van der Waals surface area contributed by atoms with E-state index in [0.717, 1.165) is 24.2 Å². The maximum absolute atomic E-state index is 11.0. The van der Waals surface area contributed by atoms with Crippen LogP contribution in [0.3, 0.4) is 0 Å². The highest BCUT2D eigenvalue weighted by Gasteiger charge is 2.00. The van der Waals surface area contributed by atoms with Crippen LogP contribution in [0.5, 0.6) is 11.6 Å². The van der Waals surface area contributed by atoms with E-state index < -0.39 is 0 Å². The number of carbonyl (C=O) groups excluding carboxylic acids is 1. The standard InChI is InChI=1S/C20H24N2O2/c1-4-5-17-8-11-19(12-9-17)24-20-13-10-18(14-21-20)7-6-15(2)22-16(3)23/h6-15H,4-5H2,1-3H3,(H,22,23)/b7-6+/t15-/m0/s1. The molecule has 1 heterocycles. The summed E-state index contributed by atoms with van der Waals surface area (Å²) in [7, 11) is 0. The van der Waals surface area contributed by atoms with Crippen molar-refractivity contribution < 1.29 is 9.53 Å². The van der Waals surface area contributed by atoms with Crippen LogP contribution in [0, 0.1) is 0 Å². The quantitative estimate of drug-likeness (QED) is 0.823. The van der Waals surface area contributed by atoms with Crippen molar-refractivity contribution in [3.63, 3.8) is 0 Å². The zero-order valence-electron chi connectivity index (χ0n) is 14.5. The van der Waals surface area contributed by atoms with Crippen LogP contribution in [0.2, 0.25) is 0 Å². The first-order valence-corrected chi connectivity index (χ1v) is 8.25. The van der Waals surface area contributed by atoms with Crippen LogP contribution in [0.1, 0.15) is 38.3 Å². The summed E-state index contributed by atoms with van der Waals surface area (Å²) in [6.45, 7) is 5.60. The number of benzene rings is 1. The van der Waals surface area contributed by atoms with Gasteiger partial charge in [-0.2, -0.15) is 0 Å². The Morgan fingerprint density at radius 3 is 2.58 bits per heavy atom. The number of carbonyl (C=O) groups is 1. The lowest BCUT2D eigenvalue weighted by Gasteiger charge is -2.07. The summed E-state index contributed by atoms with van der Waals surface area (Å²) in [6.07, 6.45) is 7.81. The molecule has 0 aliphatic rings. The molecule has 1 N–H and O–H groups in total. The number of nitrogens with zero attached hydrogens (tertiary/aromatic N) is 1. The molecule has 1 aromatic heterocycles. The molecule has 4 nitrogen and oxygen atoms in total. The number of hydrogen-bond donors (Lipinski definition) is 1. The molecule has 0 saturated heterocycles. The van der Waals surface area contributed by atoms with E-state index in [4.69, 9.17) is 4.74 Å². The molecule has 2 rings (SSSR count). The third-order valence-corrected chi connectivity index (χ3v) is 3.45. The molecule has 1 aromatic carbocycles. The van der Waals surface area contributed by atoms with Gasteiger partial charge in [-0.1, -0.05) is 37.6 Å². The molecule has 0 unspecified atom stereocenters. The highest BCUT2D eigenvalue weighted by atomic mass is 16.5. The molecule has 4 heteroatoms. The topological polar surface area (TPSA) is 51.2 Å². The van der Waals surface area contributed by atoms with Crippen LogP contribution in [0.15, 0.2) is 48.7 Å². The van der Waals surface area contributed by atoms with E-state index in [1.165, 1.54) is 12.5 Å². The van der Waals surface area contributed by atoms with E-state index in [1.54, 1.807) is 6.20 Å². The zero-order valence-corrected chi connectivity index (χ0v) is 14.5. The summed E-state index contributed by atoms with van der Waals surface area (Å²) in [4.78, 5) is 15.3. The second-order valence-electron chi connectivity index (χ2n) is 5.77. The average Bonchev–Trinajstić information content (AvgIpc) is 2.56. The third-order valence-electron chi connectivity index (χ3n) is 3.45. The van der Waals surface area contributed by atoms with Gasteiger partial charge in [0.15, 0.2) is 0 Å². The fraction of sp³-hybridized carbons (Fsp3) is 0.300. The van der Waals surface area contributed by atoms with Crippen LogP contribution in [-0.2, 0) is 11.2 Å². The van der Waals surface area contributed by atoms with E-state index in [9.17, 15) is 4.79 Å². The van der Waals surface area contributed by atoms with Gasteiger partial charge in [0, 0.05) is 25.2 Å². The number of rotatable bonds is 7. The summed E-state index contributed by atoms with van der Waals surface area (Å²) < 4.78 is 5.75. The second-order valence-corrected chi connectivity index (χ2v) is 5.77. The number of hydrogen-bond acceptors (Lipinski definition) is 3. The van der Waals surface area contributed by atoms with Gasteiger partial charge in [0.25, 0.3) is 0 Å². The zero-order chi connectivity index (χ0) is 17.4. The van der Waals surface area contributed by atoms with Gasteiger partial charge in [-0.15, -0.1) is 0 Å². The molecule has 0 aliphatic heterocycles. The minimum absolute atomic E-state index is 0.0138. The lowest BCUT2D eigenvalue weighted by Crippen LogP contribution is -2.28. The largest absolute Gasteiger partial charge is 0.439 e. The molecule has 126 valence electrons. The van der Waals surface area contributed by atoms with Crippen LogP contribution >= 0.6 is 0 Å². The van der Waals surface area contributed by atoms with Gasteiger partial charge < -0.3 is 10.1 Å². The Bertz CT molecular complexity index is 676. The summed E-state index contributed by atoms with van der Waals surface area (Å²) in [5.41, 5.74) is 2.27. The van der Waals surface area contributed by atoms with Crippen molar-refractivity contribution in [2.75, 3.05) is 0 Å². The molecule has 1 atom stereocenters. The van der Waals surface area contributed by atoms with Gasteiger partial charge in [0.1, 0.15) is 5.75 Å². The van der Waals surface area contributed by atoms with Crippen molar-refractivity contribution in [3.05, 3.63) is 59.8 Å². The van der Waals surface area contributed by atoms with Crippen LogP contribution in [-0.4, -0.2) is 16.9 Å². The van der Waals surface area contributed by atoms with Gasteiger partial charge in [-0.3, -0.25) is 4.79 Å². The molecule has 24 heavy (non-hydrogen) atoms. The fourth-order valence-electron chi connectivity index (χ4n) is 2.31. The Morgan fingerprint density at radius 2 is 2.00 bits per heavy atom. The second kappa shape index (κ2) is 8.87. The van der Waals surface area contributed by atoms with Crippen molar-refractivity contribution in [2.24, 2.45) is 0 Å². The summed E-state index contributed by atoms with van der Waals surface area (Å²) >= 11 is 0. The van der Waals surface area contributed by atoms with Gasteiger partial charge in [0.2, 0.25) is 11.8 Å². The molecule has 2 aromatic rings. The summed E-state index contributed by atoms with van der Waals surface area (Å²) in [6, 6.07) is 11.9. The van der Waals surface area contributed by atoms with E-state index >= 15 is 0 Å². The van der Waals surface area contributed by atoms with Crippen LogP contribution in [0.4, 0.5) is 0 Å². The van der Waals surface area contributed by atoms with E-state index in [1.807, 2.05) is 43.3 Å². The summed E-state index contributed by atoms with van der Waals surface area (Å²) in [5, 5.41) is 2.80. The third kappa shape index (κ3) is 5.88.